The first-order valence-electron chi connectivity index (χ1n) is 5.26. The zero-order valence-electron chi connectivity index (χ0n) is 9.86. The SMILES string of the molecule is CCOc1cncc(C(C)(C)CC(=O)O)c1. The molecule has 16 heavy (non-hydrogen) atoms. The molecule has 0 spiro atoms. The van der Waals surface area contributed by atoms with E-state index in [4.69, 9.17) is 9.84 Å². The van der Waals surface area contributed by atoms with Crippen LogP contribution in [0, 0.1) is 0 Å². The molecular weight excluding hydrogens is 206 g/mol. The van der Waals surface area contributed by atoms with Gasteiger partial charge in [-0.3, -0.25) is 9.78 Å². The number of ether oxygens (including phenoxy) is 1. The zero-order chi connectivity index (χ0) is 12.2. The van der Waals surface area contributed by atoms with Gasteiger partial charge in [0, 0.05) is 11.6 Å². The molecule has 0 aliphatic carbocycles. The largest absolute Gasteiger partial charge is 0.492 e. The van der Waals surface area contributed by atoms with Crippen molar-refractivity contribution >= 4 is 5.97 Å². The van der Waals surface area contributed by atoms with Gasteiger partial charge in [-0.2, -0.15) is 0 Å². The molecule has 1 heterocycles. The van der Waals surface area contributed by atoms with Crippen LogP contribution in [-0.4, -0.2) is 22.7 Å². The average molecular weight is 223 g/mol. The monoisotopic (exact) mass is 223 g/mol. The molecule has 0 unspecified atom stereocenters. The second-order valence-electron chi connectivity index (χ2n) is 4.30. The van der Waals surface area contributed by atoms with E-state index in [1.165, 1.54) is 0 Å². The van der Waals surface area contributed by atoms with Crippen LogP contribution in [0.1, 0.15) is 32.8 Å². The Morgan fingerprint density at radius 1 is 1.50 bits per heavy atom. The van der Waals surface area contributed by atoms with Gasteiger partial charge in [-0.25, -0.2) is 0 Å². The van der Waals surface area contributed by atoms with Crippen LogP contribution in [0.3, 0.4) is 0 Å². The van der Waals surface area contributed by atoms with Gasteiger partial charge in [-0.1, -0.05) is 13.8 Å². The lowest BCUT2D eigenvalue weighted by atomic mass is 9.82. The highest BCUT2D eigenvalue weighted by atomic mass is 16.5. The fourth-order valence-corrected chi connectivity index (χ4v) is 1.51. The summed E-state index contributed by atoms with van der Waals surface area (Å²) < 4.78 is 5.34. The molecule has 1 aromatic heterocycles. The van der Waals surface area contributed by atoms with Gasteiger partial charge in [-0.15, -0.1) is 0 Å². The summed E-state index contributed by atoms with van der Waals surface area (Å²) >= 11 is 0. The van der Waals surface area contributed by atoms with Gasteiger partial charge in [0.05, 0.1) is 19.2 Å². The fourth-order valence-electron chi connectivity index (χ4n) is 1.51. The molecular formula is C12H17NO3. The second-order valence-corrected chi connectivity index (χ2v) is 4.30. The van der Waals surface area contributed by atoms with E-state index in [-0.39, 0.29) is 6.42 Å². The Hall–Kier alpha value is -1.58. The van der Waals surface area contributed by atoms with E-state index in [0.717, 1.165) is 5.56 Å². The molecule has 1 aromatic rings. The molecule has 0 bridgehead atoms. The van der Waals surface area contributed by atoms with Crippen LogP contribution in [0.5, 0.6) is 5.75 Å². The van der Waals surface area contributed by atoms with Crippen molar-refractivity contribution < 1.29 is 14.6 Å². The quantitative estimate of drug-likeness (QED) is 0.831. The van der Waals surface area contributed by atoms with E-state index in [1.54, 1.807) is 12.4 Å². The van der Waals surface area contributed by atoms with Crippen LogP contribution in [0.25, 0.3) is 0 Å². The smallest absolute Gasteiger partial charge is 0.304 e. The highest BCUT2D eigenvalue weighted by Crippen LogP contribution is 2.28. The summed E-state index contributed by atoms with van der Waals surface area (Å²) in [5.41, 5.74) is 0.437. The first-order chi connectivity index (χ1) is 7.45. The standard InChI is InChI=1S/C12H17NO3/c1-4-16-10-5-9(7-13-8-10)12(2,3)6-11(14)15/h5,7-8H,4,6H2,1-3H3,(H,14,15). The van der Waals surface area contributed by atoms with Crippen molar-refractivity contribution in [3.8, 4) is 5.75 Å². The minimum atomic E-state index is -0.813. The molecule has 0 saturated heterocycles. The van der Waals surface area contributed by atoms with E-state index in [0.29, 0.717) is 12.4 Å². The van der Waals surface area contributed by atoms with Crippen molar-refractivity contribution in [2.24, 2.45) is 0 Å². The van der Waals surface area contributed by atoms with Crippen LogP contribution in [0.15, 0.2) is 18.5 Å². The molecule has 4 nitrogen and oxygen atoms in total. The number of aliphatic carboxylic acids is 1. The molecule has 88 valence electrons. The van der Waals surface area contributed by atoms with Gasteiger partial charge >= 0.3 is 5.97 Å². The molecule has 0 radical (unpaired) electrons. The Kier molecular flexibility index (Phi) is 3.88. The van der Waals surface area contributed by atoms with Crippen LogP contribution in [-0.2, 0) is 10.2 Å². The maximum Gasteiger partial charge on any atom is 0.304 e. The number of nitrogens with zero attached hydrogens (tertiary/aromatic N) is 1. The Balaban J connectivity index is 2.93. The van der Waals surface area contributed by atoms with Crippen LogP contribution in [0.2, 0.25) is 0 Å². The summed E-state index contributed by atoms with van der Waals surface area (Å²) in [6.45, 7) is 6.24. The first kappa shape index (κ1) is 12.5. The summed E-state index contributed by atoms with van der Waals surface area (Å²) in [5, 5.41) is 8.83. The molecule has 0 aromatic carbocycles. The number of hydrogen-bond donors (Lipinski definition) is 1. The highest BCUT2D eigenvalue weighted by Gasteiger charge is 2.24. The topological polar surface area (TPSA) is 59.4 Å². The first-order valence-corrected chi connectivity index (χ1v) is 5.26. The summed E-state index contributed by atoms with van der Waals surface area (Å²) in [5.74, 6) is -0.134. The third-order valence-corrected chi connectivity index (χ3v) is 2.40. The van der Waals surface area contributed by atoms with Gasteiger partial charge in [0.2, 0.25) is 0 Å². The van der Waals surface area contributed by atoms with E-state index in [2.05, 4.69) is 4.98 Å². The number of carboxylic acids is 1. The summed E-state index contributed by atoms with van der Waals surface area (Å²) in [4.78, 5) is 14.8. The average Bonchev–Trinajstić information content (AvgIpc) is 2.16. The van der Waals surface area contributed by atoms with E-state index >= 15 is 0 Å². The van der Waals surface area contributed by atoms with Crippen LogP contribution >= 0.6 is 0 Å². The maximum absolute atomic E-state index is 10.7. The lowest BCUT2D eigenvalue weighted by Crippen LogP contribution is -2.21. The number of aromatic nitrogens is 1. The third kappa shape index (κ3) is 3.22. The molecule has 0 atom stereocenters. The second kappa shape index (κ2) is 4.96. The van der Waals surface area contributed by atoms with Crippen molar-refractivity contribution in [1.29, 1.82) is 0 Å². The van der Waals surface area contributed by atoms with Gasteiger partial charge < -0.3 is 9.84 Å². The number of carbonyl (C=O) groups is 1. The van der Waals surface area contributed by atoms with Crippen molar-refractivity contribution in [3.63, 3.8) is 0 Å². The Labute approximate surface area is 95.3 Å². The summed E-state index contributed by atoms with van der Waals surface area (Å²) in [6.07, 6.45) is 3.39. The molecule has 0 aliphatic rings. The zero-order valence-corrected chi connectivity index (χ0v) is 9.86. The van der Waals surface area contributed by atoms with Gasteiger partial charge in [-0.05, 0) is 18.6 Å². The predicted octanol–water partition coefficient (Wildman–Crippen LogP) is 2.23. The Morgan fingerprint density at radius 2 is 2.19 bits per heavy atom. The van der Waals surface area contributed by atoms with Gasteiger partial charge in [0.1, 0.15) is 5.75 Å². The summed E-state index contributed by atoms with van der Waals surface area (Å²) in [7, 11) is 0. The number of carboxylic acid groups (broad SMARTS) is 1. The minimum absolute atomic E-state index is 0.0737. The highest BCUT2D eigenvalue weighted by molar-refractivity contribution is 5.68. The predicted molar refractivity (Wildman–Crippen MR) is 60.7 cm³/mol. The van der Waals surface area contributed by atoms with Crippen LogP contribution < -0.4 is 4.74 Å². The van der Waals surface area contributed by atoms with Gasteiger partial charge in [0.25, 0.3) is 0 Å². The van der Waals surface area contributed by atoms with Crippen molar-refractivity contribution in [3.05, 3.63) is 24.0 Å². The molecule has 4 heteroatoms. The van der Waals surface area contributed by atoms with Crippen LogP contribution in [0.4, 0.5) is 0 Å². The van der Waals surface area contributed by atoms with E-state index in [1.807, 2.05) is 26.8 Å². The van der Waals surface area contributed by atoms with E-state index in [9.17, 15) is 4.79 Å². The number of pyridine rings is 1. The van der Waals surface area contributed by atoms with E-state index < -0.39 is 11.4 Å². The Bertz CT molecular complexity index is 374. The van der Waals surface area contributed by atoms with Crippen molar-refractivity contribution in [1.82, 2.24) is 4.98 Å². The minimum Gasteiger partial charge on any atom is -0.492 e. The van der Waals surface area contributed by atoms with Crippen molar-refractivity contribution in [2.45, 2.75) is 32.6 Å². The van der Waals surface area contributed by atoms with Gasteiger partial charge in [0.15, 0.2) is 0 Å². The maximum atomic E-state index is 10.7. The van der Waals surface area contributed by atoms with Crippen molar-refractivity contribution in [2.75, 3.05) is 6.61 Å². The fraction of sp³-hybridized carbons (Fsp3) is 0.500. The number of hydrogen-bond acceptors (Lipinski definition) is 3. The molecule has 1 N–H and O–H groups in total. The molecule has 0 saturated carbocycles. The normalized spacial score (nSPS) is 11.2. The molecule has 0 aliphatic heterocycles. The number of rotatable bonds is 5. The third-order valence-electron chi connectivity index (χ3n) is 2.40. The lowest BCUT2D eigenvalue weighted by molar-refractivity contribution is -0.138. The molecule has 1 rings (SSSR count). The summed E-state index contributed by atoms with van der Waals surface area (Å²) in [6, 6.07) is 1.85. The lowest BCUT2D eigenvalue weighted by Gasteiger charge is -2.22. The Morgan fingerprint density at radius 3 is 2.75 bits per heavy atom. The molecule has 0 fully saturated rings. The molecule has 0 amide bonds.